The van der Waals surface area contributed by atoms with Gasteiger partial charge in [0.2, 0.25) is 0 Å². The molecular formula is C12H19N3. The lowest BCUT2D eigenvalue weighted by Crippen LogP contribution is -2.21. The van der Waals surface area contributed by atoms with E-state index in [-0.39, 0.29) is 0 Å². The van der Waals surface area contributed by atoms with E-state index in [0.717, 1.165) is 24.1 Å². The summed E-state index contributed by atoms with van der Waals surface area (Å²) in [4.78, 5) is 6.63. The predicted octanol–water partition coefficient (Wildman–Crippen LogP) is 1.75. The van der Waals surface area contributed by atoms with Gasteiger partial charge in [-0.2, -0.15) is 0 Å². The molecule has 1 heterocycles. The van der Waals surface area contributed by atoms with Crippen LogP contribution < -0.4 is 5.73 Å². The van der Waals surface area contributed by atoms with Gasteiger partial charge in [0, 0.05) is 13.1 Å². The molecule has 15 heavy (non-hydrogen) atoms. The number of hydrogen-bond donors (Lipinski definition) is 1. The van der Waals surface area contributed by atoms with Crippen LogP contribution in [0.4, 0.5) is 5.82 Å². The maximum absolute atomic E-state index is 5.64. The number of anilines is 1. The van der Waals surface area contributed by atoms with Gasteiger partial charge >= 0.3 is 0 Å². The second-order valence-electron chi connectivity index (χ2n) is 4.72. The van der Waals surface area contributed by atoms with Crippen molar-refractivity contribution in [3.8, 4) is 0 Å². The summed E-state index contributed by atoms with van der Waals surface area (Å²) in [5.74, 6) is 2.43. The van der Waals surface area contributed by atoms with Crippen molar-refractivity contribution in [2.45, 2.75) is 19.9 Å². The van der Waals surface area contributed by atoms with E-state index in [1.807, 2.05) is 18.2 Å². The second-order valence-corrected chi connectivity index (χ2v) is 4.72. The van der Waals surface area contributed by atoms with Crippen molar-refractivity contribution in [3.63, 3.8) is 0 Å². The fraction of sp³-hybridized carbons (Fsp3) is 0.583. The number of nitrogens with zero attached hydrogens (tertiary/aromatic N) is 2. The van der Waals surface area contributed by atoms with Gasteiger partial charge in [-0.3, -0.25) is 0 Å². The third-order valence-electron chi connectivity index (χ3n) is 3.08. The van der Waals surface area contributed by atoms with Crippen LogP contribution in [0.15, 0.2) is 18.2 Å². The first-order chi connectivity index (χ1) is 7.15. The Morgan fingerprint density at radius 3 is 2.87 bits per heavy atom. The fourth-order valence-corrected chi connectivity index (χ4v) is 1.98. The number of pyridine rings is 1. The third kappa shape index (κ3) is 2.93. The molecule has 1 aliphatic carbocycles. The van der Waals surface area contributed by atoms with Crippen molar-refractivity contribution in [2.75, 3.05) is 19.3 Å². The average molecular weight is 205 g/mol. The van der Waals surface area contributed by atoms with E-state index in [0.29, 0.717) is 5.82 Å². The van der Waals surface area contributed by atoms with Crippen LogP contribution in [0.5, 0.6) is 0 Å². The van der Waals surface area contributed by atoms with Gasteiger partial charge < -0.3 is 10.6 Å². The van der Waals surface area contributed by atoms with Crippen LogP contribution in [-0.4, -0.2) is 23.5 Å². The molecule has 2 N–H and O–H groups in total. The number of nitrogen functional groups attached to an aromatic ring is 1. The predicted molar refractivity (Wildman–Crippen MR) is 62.3 cm³/mol. The molecule has 1 aromatic rings. The molecule has 0 spiro atoms. The van der Waals surface area contributed by atoms with Crippen molar-refractivity contribution in [1.82, 2.24) is 9.88 Å². The standard InChI is InChI=1S/C12H19N3/c1-9-6-10(9)7-15(2)8-11-4-3-5-12(13)14-11/h3-5,9-10H,6-8H2,1-2H3,(H2,13,14). The van der Waals surface area contributed by atoms with Crippen molar-refractivity contribution in [2.24, 2.45) is 11.8 Å². The molecule has 2 unspecified atom stereocenters. The molecule has 2 rings (SSSR count). The van der Waals surface area contributed by atoms with Gasteiger partial charge in [-0.25, -0.2) is 4.98 Å². The highest BCUT2D eigenvalue weighted by Crippen LogP contribution is 2.38. The minimum atomic E-state index is 0.612. The number of aromatic nitrogens is 1. The molecule has 1 fully saturated rings. The molecule has 1 aromatic heterocycles. The highest BCUT2D eigenvalue weighted by atomic mass is 15.1. The maximum atomic E-state index is 5.64. The van der Waals surface area contributed by atoms with E-state index >= 15 is 0 Å². The number of nitrogens with two attached hydrogens (primary N) is 1. The normalized spacial score (nSPS) is 24.5. The van der Waals surface area contributed by atoms with Gasteiger partial charge in [0.1, 0.15) is 5.82 Å². The Balaban J connectivity index is 1.85. The molecular weight excluding hydrogens is 186 g/mol. The van der Waals surface area contributed by atoms with Crippen molar-refractivity contribution in [3.05, 3.63) is 23.9 Å². The lowest BCUT2D eigenvalue weighted by molar-refractivity contribution is 0.304. The molecule has 1 aliphatic rings. The van der Waals surface area contributed by atoms with Gasteiger partial charge in [-0.1, -0.05) is 13.0 Å². The zero-order chi connectivity index (χ0) is 10.8. The second kappa shape index (κ2) is 4.19. The molecule has 3 nitrogen and oxygen atoms in total. The van der Waals surface area contributed by atoms with Crippen LogP contribution in [0.3, 0.4) is 0 Å². The minimum absolute atomic E-state index is 0.612. The zero-order valence-corrected chi connectivity index (χ0v) is 9.48. The van der Waals surface area contributed by atoms with Gasteiger partial charge in [-0.05, 0) is 37.4 Å². The summed E-state index contributed by atoms with van der Waals surface area (Å²) >= 11 is 0. The van der Waals surface area contributed by atoms with Gasteiger partial charge in [0.25, 0.3) is 0 Å². The fourth-order valence-electron chi connectivity index (χ4n) is 1.98. The summed E-state index contributed by atoms with van der Waals surface area (Å²) in [6.45, 7) is 4.39. The van der Waals surface area contributed by atoms with Crippen LogP contribution in [0.1, 0.15) is 19.0 Å². The number of hydrogen-bond acceptors (Lipinski definition) is 3. The van der Waals surface area contributed by atoms with Crippen LogP contribution in [0, 0.1) is 11.8 Å². The monoisotopic (exact) mass is 205 g/mol. The molecule has 0 amide bonds. The Morgan fingerprint density at radius 2 is 2.27 bits per heavy atom. The molecule has 0 radical (unpaired) electrons. The van der Waals surface area contributed by atoms with E-state index in [2.05, 4.69) is 23.9 Å². The lowest BCUT2D eigenvalue weighted by atomic mass is 10.3. The Morgan fingerprint density at radius 1 is 1.53 bits per heavy atom. The smallest absolute Gasteiger partial charge is 0.123 e. The van der Waals surface area contributed by atoms with Gasteiger partial charge in [-0.15, -0.1) is 0 Å². The molecule has 0 bridgehead atoms. The summed E-state index contributed by atoms with van der Waals surface area (Å²) in [7, 11) is 2.15. The van der Waals surface area contributed by atoms with Crippen LogP contribution in [0.2, 0.25) is 0 Å². The van der Waals surface area contributed by atoms with Crippen LogP contribution in [0.25, 0.3) is 0 Å². The molecule has 0 aromatic carbocycles. The topological polar surface area (TPSA) is 42.1 Å². The zero-order valence-electron chi connectivity index (χ0n) is 9.48. The average Bonchev–Trinajstić information content (AvgIpc) is 2.81. The first-order valence-electron chi connectivity index (χ1n) is 5.55. The first-order valence-corrected chi connectivity index (χ1v) is 5.55. The van der Waals surface area contributed by atoms with E-state index in [1.54, 1.807) is 0 Å². The maximum Gasteiger partial charge on any atom is 0.123 e. The van der Waals surface area contributed by atoms with Crippen molar-refractivity contribution < 1.29 is 0 Å². The molecule has 2 atom stereocenters. The Kier molecular flexibility index (Phi) is 2.91. The summed E-state index contributed by atoms with van der Waals surface area (Å²) in [5.41, 5.74) is 6.70. The van der Waals surface area contributed by atoms with Crippen molar-refractivity contribution >= 4 is 5.82 Å². The molecule has 82 valence electrons. The Labute approximate surface area is 91.3 Å². The van der Waals surface area contributed by atoms with E-state index in [4.69, 9.17) is 5.73 Å². The molecule has 3 heteroatoms. The molecule has 0 aliphatic heterocycles. The Bertz CT molecular complexity index is 337. The summed E-state index contributed by atoms with van der Waals surface area (Å²) in [5, 5.41) is 0. The summed E-state index contributed by atoms with van der Waals surface area (Å²) in [6, 6.07) is 5.82. The number of rotatable bonds is 4. The van der Waals surface area contributed by atoms with Crippen LogP contribution >= 0.6 is 0 Å². The summed E-state index contributed by atoms with van der Waals surface area (Å²) < 4.78 is 0. The summed E-state index contributed by atoms with van der Waals surface area (Å²) in [6.07, 6.45) is 1.38. The SMILES string of the molecule is CC1CC1CN(C)Cc1cccc(N)n1. The highest BCUT2D eigenvalue weighted by molar-refractivity contribution is 5.28. The van der Waals surface area contributed by atoms with E-state index in [9.17, 15) is 0 Å². The largest absolute Gasteiger partial charge is 0.384 e. The van der Waals surface area contributed by atoms with Crippen LogP contribution in [-0.2, 0) is 6.54 Å². The van der Waals surface area contributed by atoms with Crippen molar-refractivity contribution in [1.29, 1.82) is 0 Å². The Hall–Kier alpha value is -1.09. The van der Waals surface area contributed by atoms with E-state index in [1.165, 1.54) is 13.0 Å². The first kappa shape index (κ1) is 10.4. The van der Waals surface area contributed by atoms with E-state index < -0.39 is 0 Å². The molecule has 1 saturated carbocycles. The van der Waals surface area contributed by atoms with Gasteiger partial charge in [0.15, 0.2) is 0 Å². The minimum Gasteiger partial charge on any atom is -0.384 e. The lowest BCUT2D eigenvalue weighted by Gasteiger charge is -2.15. The molecule has 0 saturated heterocycles. The quantitative estimate of drug-likeness (QED) is 0.814. The third-order valence-corrected chi connectivity index (χ3v) is 3.08. The highest BCUT2D eigenvalue weighted by Gasteiger charge is 2.32. The van der Waals surface area contributed by atoms with Gasteiger partial charge in [0.05, 0.1) is 5.69 Å².